The molecule has 1 aliphatic carbocycles. The molecule has 0 spiro atoms. The van der Waals surface area contributed by atoms with Crippen LogP contribution in [0.25, 0.3) is 0 Å². The van der Waals surface area contributed by atoms with E-state index in [9.17, 15) is 0 Å². The first-order chi connectivity index (χ1) is 8.01. The largest absolute Gasteiger partial charge is 0.371 e. The molecule has 2 N–H and O–H groups in total. The Balaban J connectivity index is 2.47. The smallest absolute Gasteiger partial charge is 0.0807 e. The van der Waals surface area contributed by atoms with Crippen LogP contribution in [0, 0.1) is 11.8 Å². The van der Waals surface area contributed by atoms with Crippen LogP contribution in [-0.2, 0) is 4.74 Å². The van der Waals surface area contributed by atoms with Crippen LogP contribution in [0.3, 0.4) is 0 Å². The summed E-state index contributed by atoms with van der Waals surface area (Å²) in [6.45, 7) is 9.68. The minimum absolute atomic E-state index is 0.0139. The zero-order chi connectivity index (χ0) is 12.9. The maximum atomic E-state index is 6.31. The quantitative estimate of drug-likeness (QED) is 0.769. The van der Waals surface area contributed by atoms with E-state index in [2.05, 4.69) is 27.7 Å². The minimum atomic E-state index is -0.0139. The molecule has 1 unspecified atom stereocenters. The molecule has 0 radical (unpaired) electrons. The second-order valence-electron chi connectivity index (χ2n) is 6.30. The molecule has 0 aliphatic heterocycles. The summed E-state index contributed by atoms with van der Waals surface area (Å²) >= 11 is 0. The Hall–Kier alpha value is -0.0800. The Labute approximate surface area is 107 Å². The summed E-state index contributed by atoms with van der Waals surface area (Å²) in [5.74, 6) is 1.60. The third-order valence-corrected chi connectivity index (χ3v) is 4.22. The number of rotatable bonds is 6. The second kappa shape index (κ2) is 6.75. The highest BCUT2D eigenvalue weighted by molar-refractivity contribution is 4.88. The highest BCUT2D eigenvalue weighted by atomic mass is 16.5. The van der Waals surface area contributed by atoms with Gasteiger partial charge in [-0.3, -0.25) is 0 Å². The first-order valence-electron chi connectivity index (χ1n) is 7.39. The van der Waals surface area contributed by atoms with E-state index in [1.54, 1.807) is 0 Å². The van der Waals surface area contributed by atoms with Crippen molar-refractivity contribution in [3.8, 4) is 0 Å². The van der Waals surface area contributed by atoms with Gasteiger partial charge in [-0.05, 0) is 50.9 Å². The molecule has 0 saturated heterocycles. The van der Waals surface area contributed by atoms with E-state index in [4.69, 9.17) is 10.5 Å². The molecule has 1 saturated carbocycles. The van der Waals surface area contributed by atoms with Gasteiger partial charge in [-0.15, -0.1) is 0 Å². The first kappa shape index (κ1) is 15.0. The molecule has 2 heteroatoms. The van der Waals surface area contributed by atoms with Crippen molar-refractivity contribution in [2.24, 2.45) is 17.6 Å². The summed E-state index contributed by atoms with van der Waals surface area (Å²) in [4.78, 5) is 0. The van der Waals surface area contributed by atoms with E-state index in [1.807, 2.05) is 0 Å². The third kappa shape index (κ3) is 4.59. The Bertz CT molecular complexity index is 207. The van der Waals surface area contributed by atoms with Crippen LogP contribution >= 0.6 is 0 Å². The van der Waals surface area contributed by atoms with Gasteiger partial charge in [0.1, 0.15) is 0 Å². The third-order valence-electron chi connectivity index (χ3n) is 4.22. The van der Waals surface area contributed by atoms with Crippen LogP contribution in [0.4, 0.5) is 0 Å². The van der Waals surface area contributed by atoms with Crippen LogP contribution in [0.15, 0.2) is 0 Å². The molecular weight excluding hydrogens is 210 g/mol. The van der Waals surface area contributed by atoms with Crippen molar-refractivity contribution in [3.63, 3.8) is 0 Å². The van der Waals surface area contributed by atoms with Crippen molar-refractivity contribution >= 4 is 0 Å². The molecular formula is C15H31NO. The van der Waals surface area contributed by atoms with E-state index in [-0.39, 0.29) is 5.60 Å². The van der Waals surface area contributed by atoms with Crippen molar-refractivity contribution in [2.45, 2.75) is 77.9 Å². The number of hydrogen-bond donors (Lipinski definition) is 1. The number of hydrogen-bond acceptors (Lipinski definition) is 2. The molecule has 1 fully saturated rings. The van der Waals surface area contributed by atoms with Crippen LogP contribution < -0.4 is 5.73 Å². The molecule has 0 aromatic heterocycles. The van der Waals surface area contributed by atoms with Gasteiger partial charge in [0.15, 0.2) is 0 Å². The van der Waals surface area contributed by atoms with Gasteiger partial charge < -0.3 is 10.5 Å². The fraction of sp³-hybridized carbons (Fsp3) is 1.00. The van der Waals surface area contributed by atoms with E-state index in [0.717, 1.165) is 25.2 Å². The average Bonchev–Trinajstić information content (AvgIpc) is 2.29. The number of ether oxygens (including phenoxy) is 1. The fourth-order valence-electron chi connectivity index (χ4n) is 3.12. The lowest BCUT2D eigenvalue weighted by Gasteiger charge is -2.41. The van der Waals surface area contributed by atoms with Gasteiger partial charge >= 0.3 is 0 Å². The summed E-state index contributed by atoms with van der Waals surface area (Å²) in [5.41, 5.74) is 5.97. The molecule has 102 valence electrons. The predicted molar refractivity (Wildman–Crippen MR) is 74.0 cm³/mol. The maximum Gasteiger partial charge on any atom is 0.0807 e. The highest BCUT2D eigenvalue weighted by Gasteiger charge is 2.35. The zero-order valence-corrected chi connectivity index (χ0v) is 12.2. The number of nitrogens with two attached hydrogens (primary N) is 1. The van der Waals surface area contributed by atoms with E-state index >= 15 is 0 Å². The van der Waals surface area contributed by atoms with Gasteiger partial charge in [0.2, 0.25) is 0 Å². The topological polar surface area (TPSA) is 35.2 Å². The Morgan fingerprint density at radius 3 is 2.24 bits per heavy atom. The molecule has 1 aliphatic rings. The van der Waals surface area contributed by atoms with Gasteiger partial charge in [-0.25, -0.2) is 0 Å². The molecule has 17 heavy (non-hydrogen) atoms. The Morgan fingerprint density at radius 1 is 1.24 bits per heavy atom. The summed E-state index contributed by atoms with van der Waals surface area (Å²) in [6, 6.07) is 0. The summed E-state index contributed by atoms with van der Waals surface area (Å²) < 4.78 is 6.31. The fourth-order valence-corrected chi connectivity index (χ4v) is 3.12. The minimum Gasteiger partial charge on any atom is -0.371 e. The van der Waals surface area contributed by atoms with Crippen molar-refractivity contribution in [2.75, 3.05) is 6.54 Å². The first-order valence-corrected chi connectivity index (χ1v) is 7.39. The van der Waals surface area contributed by atoms with Crippen LogP contribution in [-0.4, -0.2) is 18.2 Å². The van der Waals surface area contributed by atoms with Crippen LogP contribution in [0.1, 0.15) is 66.2 Å². The Kier molecular flexibility index (Phi) is 5.94. The summed E-state index contributed by atoms with van der Waals surface area (Å²) in [6.07, 6.45) is 7.69. The molecule has 0 aromatic rings. The van der Waals surface area contributed by atoms with Gasteiger partial charge in [0.25, 0.3) is 0 Å². The van der Waals surface area contributed by atoms with Gasteiger partial charge in [-0.2, -0.15) is 0 Å². The lowest BCUT2D eigenvalue weighted by molar-refractivity contribution is -0.112. The zero-order valence-electron chi connectivity index (χ0n) is 12.2. The monoisotopic (exact) mass is 241 g/mol. The standard InChI is InChI=1S/C15H31NO/c1-5-14-6-8-15(11-16,9-7-14)17-13(4)10-12(2)3/h12-14H,5-11,16H2,1-4H3. The molecule has 0 heterocycles. The highest BCUT2D eigenvalue weighted by Crippen LogP contribution is 2.36. The molecule has 1 atom stereocenters. The van der Waals surface area contributed by atoms with Crippen molar-refractivity contribution < 1.29 is 4.74 Å². The molecule has 0 bridgehead atoms. The molecule has 2 nitrogen and oxygen atoms in total. The van der Waals surface area contributed by atoms with Gasteiger partial charge in [0, 0.05) is 6.54 Å². The van der Waals surface area contributed by atoms with Crippen molar-refractivity contribution in [1.82, 2.24) is 0 Å². The average molecular weight is 241 g/mol. The van der Waals surface area contributed by atoms with Gasteiger partial charge in [0.05, 0.1) is 11.7 Å². The van der Waals surface area contributed by atoms with Crippen molar-refractivity contribution in [3.05, 3.63) is 0 Å². The molecule has 0 aromatic carbocycles. The SMILES string of the molecule is CCC1CCC(CN)(OC(C)CC(C)C)CC1. The van der Waals surface area contributed by atoms with E-state index < -0.39 is 0 Å². The van der Waals surface area contributed by atoms with E-state index in [0.29, 0.717) is 18.6 Å². The summed E-state index contributed by atoms with van der Waals surface area (Å²) in [5, 5.41) is 0. The van der Waals surface area contributed by atoms with Crippen LogP contribution in [0.5, 0.6) is 0 Å². The lowest BCUT2D eigenvalue weighted by Crippen LogP contribution is -2.46. The molecule has 1 rings (SSSR count). The predicted octanol–water partition coefficient (Wildman–Crippen LogP) is 3.74. The van der Waals surface area contributed by atoms with Crippen molar-refractivity contribution in [1.29, 1.82) is 0 Å². The van der Waals surface area contributed by atoms with Crippen LogP contribution in [0.2, 0.25) is 0 Å². The maximum absolute atomic E-state index is 6.31. The van der Waals surface area contributed by atoms with E-state index in [1.165, 1.54) is 19.3 Å². The molecule has 0 amide bonds. The van der Waals surface area contributed by atoms with Gasteiger partial charge in [-0.1, -0.05) is 27.2 Å². The summed E-state index contributed by atoms with van der Waals surface area (Å²) in [7, 11) is 0. The normalized spacial score (nSPS) is 31.8. The lowest BCUT2D eigenvalue weighted by atomic mass is 9.77. The second-order valence-corrected chi connectivity index (χ2v) is 6.30. The Morgan fingerprint density at radius 2 is 1.82 bits per heavy atom.